The molecular formula is C26H24N4O3S. The van der Waals surface area contributed by atoms with Gasteiger partial charge in [-0.25, -0.2) is 9.97 Å². The number of ether oxygens (including phenoxy) is 3. The Morgan fingerprint density at radius 1 is 1.06 bits per heavy atom. The summed E-state index contributed by atoms with van der Waals surface area (Å²) in [5.41, 5.74) is 7.47. The van der Waals surface area contributed by atoms with Crippen molar-refractivity contribution >= 4 is 28.1 Å². The number of nitrogens with zero attached hydrogens (tertiary/aromatic N) is 3. The SMILES string of the molecule is N#C[C@@]1(c2scc3c(N)ncnc23)O[C@H](COCc2ccccc2)C[C@H]1OCc1ccccc1. The zero-order chi connectivity index (χ0) is 23.4. The van der Waals surface area contributed by atoms with E-state index in [9.17, 15) is 5.26 Å². The highest BCUT2D eigenvalue weighted by Gasteiger charge is 2.53. The monoisotopic (exact) mass is 472 g/mol. The summed E-state index contributed by atoms with van der Waals surface area (Å²) in [7, 11) is 0. The average molecular weight is 473 g/mol. The molecule has 0 radical (unpaired) electrons. The van der Waals surface area contributed by atoms with Gasteiger partial charge in [-0.05, 0) is 11.1 Å². The molecule has 2 aromatic heterocycles. The molecule has 1 fully saturated rings. The van der Waals surface area contributed by atoms with Gasteiger partial charge in [0.15, 0.2) is 0 Å². The molecular weight excluding hydrogens is 448 g/mol. The van der Waals surface area contributed by atoms with Gasteiger partial charge < -0.3 is 19.9 Å². The van der Waals surface area contributed by atoms with Gasteiger partial charge in [-0.15, -0.1) is 11.3 Å². The van der Waals surface area contributed by atoms with E-state index in [2.05, 4.69) is 16.0 Å². The lowest BCUT2D eigenvalue weighted by molar-refractivity contribution is -0.0883. The van der Waals surface area contributed by atoms with E-state index in [4.69, 9.17) is 19.9 Å². The van der Waals surface area contributed by atoms with Crippen LogP contribution in [0.5, 0.6) is 0 Å². The van der Waals surface area contributed by atoms with E-state index >= 15 is 0 Å². The van der Waals surface area contributed by atoms with Gasteiger partial charge in [-0.3, -0.25) is 0 Å². The molecule has 0 bridgehead atoms. The number of thiophene rings is 1. The fourth-order valence-corrected chi connectivity index (χ4v) is 5.37. The van der Waals surface area contributed by atoms with E-state index < -0.39 is 11.7 Å². The van der Waals surface area contributed by atoms with Crippen LogP contribution >= 0.6 is 11.3 Å². The summed E-state index contributed by atoms with van der Waals surface area (Å²) < 4.78 is 18.7. The van der Waals surface area contributed by atoms with E-state index in [1.807, 2.05) is 66.0 Å². The van der Waals surface area contributed by atoms with Crippen LogP contribution in [0.15, 0.2) is 72.4 Å². The second kappa shape index (κ2) is 9.87. The maximum atomic E-state index is 10.4. The van der Waals surface area contributed by atoms with Crippen LogP contribution in [0.25, 0.3) is 10.9 Å². The van der Waals surface area contributed by atoms with Crippen molar-refractivity contribution in [2.75, 3.05) is 12.3 Å². The quantitative estimate of drug-likeness (QED) is 0.400. The number of hydrogen-bond acceptors (Lipinski definition) is 8. The molecule has 0 aliphatic carbocycles. The number of hydrogen-bond donors (Lipinski definition) is 1. The Bertz CT molecular complexity index is 1290. The zero-order valence-electron chi connectivity index (χ0n) is 18.5. The van der Waals surface area contributed by atoms with E-state index in [0.717, 1.165) is 11.1 Å². The Morgan fingerprint density at radius 2 is 1.76 bits per heavy atom. The fourth-order valence-electron chi connectivity index (χ4n) is 4.22. The highest BCUT2D eigenvalue weighted by molar-refractivity contribution is 7.11. The molecule has 4 aromatic rings. The molecule has 172 valence electrons. The van der Waals surface area contributed by atoms with Crippen molar-refractivity contribution in [2.45, 2.75) is 37.4 Å². The summed E-state index contributed by atoms with van der Waals surface area (Å²) in [6.45, 7) is 1.20. The molecule has 7 nitrogen and oxygen atoms in total. The molecule has 0 spiro atoms. The highest BCUT2D eigenvalue weighted by atomic mass is 32.1. The number of nitrogen functional groups attached to an aromatic ring is 1. The topological polar surface area (TPSA) is 103 Å². The van der Waals surface area contributed by atoms with Crippen LogP contribution in [-0.2, 0) is 33.0 Å². The molecule has 2 aromatic carbocycles. The third-order valence-electron chi connectivity index (χ3n) is 5.92. The summed E-state index contributed by atoms with van der Waals surface area (Å²) in [6, 6.07) is 22.3. The first-order valence-corrected chi connectivity index (χ1v) is 11.9. The average Bonchev–Trinajstić information content (AvgIpc) is 3.47. The third-order valence-corrected chi connectivity index (χ3v) is 7.01. The van der Waals surface area contributed by atoms with Crippen molar-refractivity contribution in [1.82, 2.24) is 9.97 Å². The third kappa shape index (κ3) is 4.39. The Labute approximate surface area is 201 Å². The summed E-state index contributed by atoms with van der Waals surface area (Å²) in [6.07, 6.45) is 1.13. The summed E-state index contributed by atoms with van der Waals surface area (Å²) >= 11 is 1.40. The van der Waals surface area contributed by atoms with Crippen molar-refractivity contribution in [3.05, 3.63) is 88.4 Å². The number of benzene rings is 2. The second-order valence-corrected chi connectivity index (χ2v) is 9.07. The van der Waals surface area contributed by atoms with Gasteiger partial charge in [-0.1, -0.05) is 60.7 Å². The Morgan fingerprint density at radius 3 is 2.47 bits per heavy atom. The largest absolute Gasteiger partial charge is 0.383 e. The number of nitriles is 1. The maximum absolute atomic E-state index is 10.4. The van der Waals surface area contributed by atoms with Crippen LogP contribution in [0, 0.1) is 11.3 Å². The van der Waals surface area contributed by atoms with E-state index in [1.54, 1.807) is 0 Å². The van der Waals surface area contributed by atoms with Gasteiger partial charge in [0.2, 0.25) is 5.60 Å². The molecule has 0 unspecified atom stereocenters. The van der Waals surface area contributed by atoms with Crippen LogP contribution < -0.4 is 5.73 Å². The number of aromatic nitrogens is 2. The van der Waals surface area contributed by atoms with E-state index in [-0.39, 0.29) is 6.10 Å². The van der Waals surface area contributed by atoms with Crippen LogP contribution in [0.4, 0.5) is 5.82 Å². The standard InChI is InChI=1S/C26H24N4O3S/c27-16-26(24-23-21(15-34-24)25(28)30-17-29-23)22(32-13-19-9-5-2-6-10-19)11-20(33-26)14-31-12-18-7-3-1-4-8-18/h1-10,15,17,20,22H,11-14H2,(H2,28,29,30)/t20-,22+,26+/m0/s1. The fraction of sp³-hybridized carbons (Fsp3) is 0.269. The van der Waals surface area contributed by atoms with Crippen LogP contribution in [-0.4, -0.2) is 28.8 Å². The molecule has 3 atom stereocenters. The number of rotatable bonds is 8. The molecule has 3 heterocycles. The Balaban J connectivity index is 1.41. The highest BCUT2D eigenvalue weighted by Crippen LogP contribution is 2.46. The summed E-state index contributed by atoms with van der Waals surface area (Å²) in [5.74, 6) is 0.378. The van der Waals surface area contributed by atoms with Crippen molar-refractivity contribution in [1.29, 1.82) is 5.26 Å². The first-order valence-electron chi connectivity index (χ1n) is 11.0. The maximum Gasteiger partial charge on any atom is 0.217 e. The minimum atomic E-state index is -1.32. The van der Waals surface area contributed by atoms with Gasteiger partial charge in [0.05, 0.1) is 41.7 Å². The predicted octanol–water partition coefficient (Wildman–Crippen LogP) is 4.58. The van der Waals surface area contributed by atoms with Crippen LogP contribution in [0.2, 0.25) is 0 Å². The molecule has 0 saturated carbocycles. The zero-order valence-corrected chi connectivity index (χ0v) is 19.3. The minimum Gasteiger partial charge on any atom is -0.383 e. The lowest BCUT2D eigenvalue weighted by Gasteiger charge is -2.27. The molecule has 1 aliphatic rings. The predicted molar refractivity (Wildman–Crippen MR) is 130 cm³/mol. The Kier molecular flexibility index (Phi) is 6.52. The second-order valence-electron chi connectivity index (χ2n) is 8.20. The molecule has 34 heavy (non-hydrogen) atoms. The van der Waals surface area contributed by atoms with E-state index in [0.29, 0.717) is 47.8 Å². The number of nitrogens with two attached hydrogens (primary N) is 1. The minimum absolute atomic E-state index is 0.305. The molecule has 1 aliphatic heterocycles. The number of anilines is 1. The van der Waals surface area contributed by atoms with Gasteiger partial charge in [0.25, 0.3) is 0 Å². The number of fused-ring (bicyclic) bond motifs is 1. The van der Waals surface area contributed by atoms with Crippen molar-refractivity contribution < 1.29 is 14.2 Å². The summed E-state index contributed by atoms with van der Waals surface area (Å²) in [4.78, 5) is 9.18. The smallest absolute Gasteiger partial charge is 0.217 e. The first-order chi connectivity index (χ1) is 16.7. The molecule has 2 N–H and O–H groups in total. The normalized spacial score (nSPS) is 22.1. The summed E-state index contributed by atoms with van der Waals surface area (Å²) in [5, 5.41) is 13.0. The lowest BCUT2D eigenvalue weighted by Crippen LogP contribution is -2.36. The lowest BCUT2D eigenvalue weighted by atomic mass is 9.94. The Hall–Kier alpha value is -3.35. The van der Waals surface area contributed by atoms with Crippen molar-refractivity contribution in [3.8, 4) is 6.07 Å². The van der Waals surface area contributed by atoms with Gasteiger partial charge >= 0.3 is 0 Å². The van der Waals surface area contributed by atoms with Crippen LogP contribution in [0.1, 0.15) is 22.4 Å². The van der Waals surface area contributed by atoms with Crippen molar-refractivity contribution in [3.63, 3.8) is 0 Å². The van der Waals surface area contributed by atoms with E-state index in [1.165, 1.54) is 17.7 Å². The first kappa shape index (κ1) is 22.4. The van der Waals surface area contributed by atoms with Gasteiger partial charge in [0.1, 0.15) is 24.3 Å². The van der Waals surface area contributed by atoms with Crippen molar-refractivity contribution in [2.24, 2.45) is 0 Å². The molecule has 5 rings (SSSR count). The molecule has 1 saturated heterocycles. The van der Waals surface area contributed by atoms with Gasteiger partial charge in [0, 0.05) is 11.8 Å². The molecule has 0 amide bonds. The van der Waals surface area contributed by atoms with Gasteiger partial charge in [-0.2, -0.15) is 5.26 Å². The van der Waals surface area contributed by atoms with Crippen LogP contribution in [0.3, 0.4) is 0 Å². The molecule has 8 heteroatoms.